The molecule has 174 valence electrons. The molecule has 3 atom stereocenters. The van der Waals surface area contributed by atoms with E-state index in [1.807, 2.05) is 19.1 Å². The summed E-state index contributed by atoms with van der Waals surface area (Å²) in [6.07, 6.45) is -0.945. The van der Waals surface area contributed by atoms with Crippen LogP contribution in [0, 0.1) is 18.8 Å². The Morgan fingerprint density at radius 2 is 1.40 bits per heavy atom. The predicted octanol–water partition coefficient (Wildman–Crippen LogP) is 3.70. The molecule has 0 saturated carbocycles. The molecule has 35 heavy (non-hydrogen) atoms. The van der Waals surface area contributed by atoms with Crippen LogP contribution >= 0.6 is 0 Å². The van der Waals surface area contributed by atoms with Crippen molar-refractivity contribution in [1.82, 2.24) is 0 Å². The van der Waals surface area contributed by atoms with Crippen LogP contribution in [0.4, 0.5) is 5.69 Å². The fourth-order valence-corrected chi connectivity index (χ4v) is 5.63. The highest BCUT2D eigenvalue weighted by atomic mass is 16.5. The lowest BCUT2D eigenvalue weighted by Gasteiger charge is -2.27. The van der Waals surface area contributed by atoms with Gasteiger partial charge in [0.25, 0.3) is 0 Å². The number of carbonyl (C=O) groups is 4. The smallest absolute Gasteiger partial charge is 0.241 e. The molecule has 0 radical (unpaired) electrons. The van der Waals surface area contributed by atoms with Gasteiger partial charge in [0.1, 0.15) is 5.75 Å². The third-order valence-electron chi connectivity index (χ3n) is 7.25. The van der Waals surface area contributed by atoms with Crippen LogP contribution < -0.4 is 9.64 Å². The summed E-state index contributed by atoms with van der Waals surface area (Å²) in [5.74, 6) is -4.33. The molecule has 0 unspecified atom stereocenters. The van der Waals surface area contributed by atoms with Crippen LogP contribution in [0.25, 0.3) is 0 Å². The van der Waals surface area contributed by atoms with Gasteiger partial charge in [0.15, 0.2) is 0 Å². The third kappa shape index (κ3) is 2.70. The van der Waals surface area contributed by atoms with Crippen molar-refractivity contribution >= 4 is 29.1 Å². The zero-order valence-electron chi connectivity index (χ0n) is 19.1. The van der Waals surface area contributed by atoms with Gasteiger partial charge in [-0.15, -0.1) is 0 Å². The molecule has 2 amide bonds. The SMILES string of the molecule is COc1ccccc1N1C(=O)[C@H]2[C@@H](c3ccc(C)cc3)OC3(C(=O)c4ccccc4C3=O)[C@@H]2C1=O. The number of para-hydroxylation sites is 2. The number of carbonyl (C=O) groups excluding carboxylic acids is 4. The van der Waals surface area contributed by atoms with Gasteiger partial charge in [-0.3, -0.25) is 19.2 Å². The van der Waals surface area contributed by atoms with E-state index >= 15 is 0 Å². The molecule has 7 nitrogen and oxygen atoms in total. The zero-order valence-corrected chi connectivity index (χ0v) is 19.1. The van der Waals surface area contributed by atoms with Gasteiger partial charge in [-0.2, -0.15) is 0 Å². The van der Waals surface area contributed by atoms with Gasteiger partial charge in [-0.1, -0.05) is 66.2 Å². The minimum Gasteiger partial charge on any atom is -0.495 e. The van der Waals surface area contributed by atoms with Crippen molar-refractivity contribution in [3.63, 3.8) is 0 Å². The second kappa shape index (κ2) is 7.45. The summed E-state index contributed by atoms with van der Waals surface area (Å²) in [6, 6.07) is 20.5. The molecule has 7 heteroatoms. The van der Waals surface area contributed by atoms with E-state index in [2.05, 4.69) is 0 Å². The van der Waals surface area contributed by atoms with E-state index < -0.39 is 46.9 Å². The number of benzene rings is 3. The number of methoxy groups -OCH3 is 1. The molecule has 2 saturated heterocycles. The van der Waals surface area contributed by atoms with Gasteiger partial charge >= 0.3 is 0 Å². The highest BCUT2D eigenvalue weighted by Crippen LogP contribution is 2.58. The van der Waals surface area contributed by atoms with Crippen LogP contribution in [0.5, 0.6) is 5.75 Å². The van der Waals surface area contributed by atoms with Crippen LogP contribution in [0.2, 0.25) is 0 Å². The number of aryl methyl sites for hydroxylation is 1. The highest BCUT2D eigenvalue weighted by Gasteiger charge is 2.74. The first-order valence-electron chi connectivity index (χ1n) is 11.3. The number of amides is 2. The second-order valence-electron chi connectivity index (χ2n) is 9.08. The molecular weight excluding hydrogens is 446 g/mol. The highest BCUT2D eigenvalue weighted by molar-refractivity contribution is 6.37. The number of ketones is 2. The molecule has 0 N–H and O–H groups in total. The van der Waals surface area contributed by atoms with Crippen molar-refractivity contribution in [3.05, 3.63) is 95.1 Å². The van der Waals surface area contributed by atoms with Gasteiger partial charge in [-0.05, 0) is 24.6 Å². The maximum atomic E-state index is 14.0. The molecule has 2 fully saturated rings. The van der Waals surface area contributed by atoms with Crippen LogP contribution in [0.15, 0.2) is 72.8 Å². The first-order valence-corrected chi connectivity index (χ1v) is 11.3. The number of hydrogen-bond donors (Lipinski definition) is 0. The summed E-state index contributed by atoms with van der Waals surface area (Å²) in [4.78, 5) is 56.4. The average Bonchev–Trinajstić information content (AvgIpc) is 3.44. The molecule has 3 aromatic carbocycles. The molecule has 2 heterocycles. The molecular formula is C28H21NO6. The molecule has 2 aliphatic heterocycles. The van der Waals surface area contributed by atoms with Crippen LogP contribution in [-0.4, -0.2) is 36.1 Å². The summed E-state index contributed by atoms with van der Waals surface area (Å²) in [5, 5.41) is 0. The van der Waals surface area contributed by atoms with E-state index in [9.17, 15) is 19.2 Å². The molecule has 1 aliphatic carbocycles. The van der Waals surface area contributed by atoms with Gasteiger partial charge in [-0.25, -0.2) is 4.90 Å². The minimum atomic E-state index is -2.09. The zero-order chi connectivity index (χ0) is 24.5. The van der Waals surface area contributed by atoms with E-state index in [1.165, 1.54) is 7.11 Å². The maximum Gasteiger partial charge on any atom is 0.241 e. The lowest BCUT2D eigenvalue weighted by molar-refractivity contribution is -0.127. The van der Waals surface area contributed by atoms with Crippen molar-refractivity contribution in [2.45, 2.75) is 18.6 Å². The van der Waals surface area contributed by atoms with Crippen molar-refractivity contribution in [3.8, 4) is 5.75 Å². The molecule has 3 aromatic rings. The number of anilines is 1. The summed E-state index contributed by atoms with van der Waals surface area (Å²) in [5.41, 5.74) is 0.221. The average molecular weight is 467 g/mol. The summed E-state index contributed by atoms with van der Waals surface area (Å²) in [7, 11) is 1.45. The van der Waals surface area contributed by atoms with Crippen molar-refractivity contribution < 1.29 is 28.7 Å². The molecule has 0 bridgehead atoms. The fourth-order valence-electron chi connectivity index (χ4n) is 5.63. The third-order valence-corrected chi connectivity index (χ3v) is 7.25. The van der Waals surface area contributed by atoms with E-state index in [0.717, 1.165) is 10.5 Å². The van der Waals surface area contributed by atoms with Crippen LogP contribution in [0.3, 0.4) is 0 Å². The van der Waals surface area contributed by atoms with Gasteiger partial charge in [0, 0.05) is 11.1 Å². The summed E-state index contributed by atoms with van der Waals surface area (Å²) < 4.78 is 11.7. The molecule has 1 spiro atoms. The Bertz CT molecular complexity index is 1390. The van der Waals surface area contributed by atoms with E-state index in [-0.39, 0.29) is 16.8 Å². The van der Waals surface area contributed by atoms with Crippen LogP contribution in [-0.2, 0) is 14.3 Å². The number of nitrogens with zero attached hydrogens (tertiary/aromatic N) is 1. The Balaban J connectivity index is 1.55. The van der Waals surface area contributed by atoms with Crippen molar-refractivity contribution in [2.75, 3.05) is 12.0 Å². The Morgan fingerprint density at radius 3 is 2.03 bits per heavy atom. The monoisotopic (exact) mass is 467 g/mol. The standard InChI is InChI=1S/C28H21NO6/c1-15-11-13-16(14-12-15)23-21-22(27(33)29(26(21)32)19-9-5-6-10-20(19)34-2)28(35-23)24(30)17-7-3-4-8-18(17)25(28)31/h3-14,21-23H,1-2H3/t21-,22+,23-/m1/s1. The number of ether oxygens (including phenoxy) is 2. The van der Waals surface area contributed by atoms with Crippen LogP contribution in [0.1, 0.15) is 37.9 Å². The predicted molar refractivity (Wildman–Crippen MR) is 125 cm³/mol. The van der Waals surface area contributed by atoms with E-state index in [1.54, 1.807) is 60.7 Å². The second-order valence-corrected chi connectivity index (χ2v) is 9.08. The molecule has 6 rings (SSSR count). The normalized spacial score (nSPS) is 24.3. The Morgan fingerprint density at radius 1 is 0.800 bits per heavy atom. The summed E-state index contributed by atoms with van der Waals surface area (Å²) >= 11 is 0. The van der Waals surface area contributed by atoms with Crippen molar-refractivity contribution in [1.29, 1.82) is 0 Å². The first-order chi connectivity index (χ1) is 16.9. The fraction of sp³-hybridized carbons (Fsp3) is 0.214. The minimum absolute atomic E-state index is 0.205. The number of fused-ring (bicyclic) bond motifs is 3. The van der Waals surface area contributed by atoms with E-state index in [0.29, 0.717) is 11.3 Å². The van der Waals surface area contributed by atoms with Crippen molar-refractivity contribution in [2.24, 2.45) is 11.8 Å². The van der Waals surface area contributed by atoms with E-state index in [4.69, 9.17) is 9.47 Å². The number of rotatable bonds is 3. The molecule has 3 aliphatic rings. The topological polar surface area (TPSA) is 90.0 Å². The lowest BCUT2D eigenvalue weighted by Crippen LogP contribution is -2.51. The number of hydrogen-bond acceptors (Lipinski definition) is 6. The maximum absolute atomic E-state index is 14.0. The first kappa shape index (κ1) is 21.4. The largest absolute Gasteiger partial charge is 0.495 e. The summed E-state index contributed by atoms with van der Waals surface area (Å²) in [6.45, 7) is 1.93. The Labute approximate surface area is 201 Å². The Hall–Kier alpha value is -4.10. The quantitative estimate of drug-likeness (QED) is 0.431. The van der Waals surface area contributed by atoms with Gasteiger partial charge < -0.3 is 9.47 Å². The molecule has 0 aromatic heterocycles. The van der Waals surface area contributed by atoms with Gasteiger partial charge in [0.05, 0.1) is 30.7 Å². The lowest BCUT2D eigenvalue weighted by atomic mass is 9.77. The Kier molecular flexibility index (Phi) is 4.56. The number of Topliss-reactive ketones (excluding diaryl/α,β-unsaturated/α-hetero) is 2. The number of imide groups is 1. The van der Waals surface area contributed by atoms with Gasteiger partial charge in [0.2, 0.25) is 29.0 Å².